The molecule has 0 aliphatic carbocycles. The molecule has 0 spiro atoms. The Morgan fingerprint density at radius 2 is 2.03 bits per heavy atom. The molecule has 1 radical (unpaired) electrons. The number of carbonyl (C=O) groups is 1. The number of rotatable bonds is 10. The van der Waals surface area contributed by atoms with Crippen LogP contribution in [0.25, 0.3) is 5.69 Å². The Balaban J connectivity index is 1.86. The van der Waals surface area contributed by atoms with E-state index in [9.17, 15) is 4.79 Å². The maximum atomic E-state index is 13.2. The van der Waals surface area contributed by atoms with Crippen molar-refractivity contribution in [1.29, 1.82) is 0 Å². The lowest BCUT2D eigenvalue weighted by molar-refractivity contribution is 0.102. The molecule has 0 unspecified atom stereocenters. The minimum Gasteiger partial charge on any atom is -0.322 e. The fourth-order valence-electron chi connectivity index (χ4n) is 3.67. The van der Waals surface area contributed by atoms with Crippen LogP contribution in [0.2, 0.25) is 0 Å². The standard InChI is InChI=1S/C27H32BN6O/c1-6-12-30-27(29-5)28-23-11-9-10-22(15-23)26(35)32-24-13-21(18-33(7-2)8-3)14-25(16-24)34-17-20(4)31-19-34/h6,9-17,19H,1,7-8,18H2,2-5H3,(H,32,35). The van der Waals surface area contributed by atoms with Gasteiger partial charge in [0, 0.05) is 42.9 Å². The van der Waals surface area contributed by atoms with Gasteiger partial charge in [-0.3, -0.25) is 19.7 Å². The van der Waals surface area contributed by atoms with Crippen LogP contribution in [0.5, 0.6) is 0 Å². The van der Waals surface area contributed by atoms with E-state index in [-0.39, 0.29) is 5.91 Å². The van der Waals surface area contributed by atoms with Crippen LogP contribution in [0.1, 0.15) is 35.5 Å². The topological polar surface area (TPSA) is 74.9 Å². The third-order valence-electron chi connectivity index (χ3n) is 5.53. The molecular weight excluding hydrogens is 435 g/mol. The van der Waals surface area contributed by atoms with E-state index in [0.717, 1.165) is 47.7 Å². The first-order valence-electron chi connectivity index (χ1n) is 11.7. The van der Waals surface area contributed by atoms with Crippen molar-refractivity contribution < 1.29 is 4.79 Å². The van der Waals surface area contributed by atoms with Crippen molar-refractivity contribution in [1.82, 2.24) is 14.5 Å². The quantitative estimate of drug-likeness (QED) is 0.280. The van der Waals surface area contributed by atoms with Gasteiger partial charge in [-0.15, -0.1) is 0 Å². The zero-order valence-electron chi connectivity index (χ0n) is 20.9. The second-order valence-corrected chi connectivity index (χ2v) is 8.09. The summed E-state index contributed by atoms with van der Waals surface area (Å²) in [6, 6.07) is 13.5. The number of aryl methyl sites for hydroxylation is 1. The summed E-state index contributed by atoms with van der Waals surface area (Å²) in [5.74, 6) is -0.183. The van der Waals surface area contributed by atoms with Crippen LogP contribution in [0.3, 0.4) is 0 Å². The second kappa shape index (κ2) is 12.6. The number of aliphatic imine (C=N–C) groups is 2. The molecule has 0 fully saturated rings. The van der Waals surface area contributed by atoms with E-state index < -0.39 is 0 Å². The number of allylic oxidation sites excluding steroid dienone is 1. The van der Waals surface area contributed by atoms with E-state index in [1.807, 2.05) is 55.3 Å². The highest BCUT2D eigenvalue weighted by atomic mass is 16.1. The smallest absolute Gasteiger partial charge is 0.255 e. The van der Waals surface area contributed by atoms with Gasteiger partial charge in [-0.1, -0.05) is 50.2 Å². The highest BCUT2D eigenvalue weighted by Gasteiger charge is 2.12. The first kappa shape index (κ1) is 25.8. The number of nitrogens with one attached hydrogen (secondary N) is 1. The summed E-state index contributed by atoms with van der Waals surface area (Å²) in [5.41, 5.74) is 5.69. The van der Waals surface area contributed by atoms with Gasteiger partial charge in [0.25, 0.3) is 5.91 Å². The lowest BCUT2D eigenvalue weighted by Gasteiger charge is -2.19. The van der Waals surface area contributed by atoms with Crippen molar-refractivity contribution in [2.45, 2.75) is 27.3 Å². The lowest BCUT2D eigenvalue weighted by atomic mass is 9.68. The Morgan fingerprint density at radius 3 is 2.69 bits per heavy atom. The third-order valence-corrected chi connectivity index (χ3v) is 5.53. The van der Waals surface area contributed by atoms with Crippen LogP contribution in [0.15, 0.2) is 77.6 Å². The Bertz CT molecular complexity index is 1230. The largest absolute Gasteiger partial charge is 0.322 e. The molecule has 0 aliphatic rings. The Kier molecular flexibility index (Phi) is 9.32. The number of hydrogen-bond acceptors (Lipinski definition) is 4. The van der Waals surface area contributed by atoms with Crippen molar-refractivity contribution in [3.63, 3.8) is 0 Å². The van der Waals surface area contributed by atoms with E-state index in [4.69, 9.17) is 0 Å². The van der Waals surface area contributed by atoms with Crippen molar-refractivity contribution in [2.75, 3.05) is 25.5 Å². The summed E-state index contributed by atoms with van der Waals surface area (Å²) in [6.45, 7) is 12.6. The summed E-state index contributed by atoms with van der Waals surface area (Å²) in [4.78, 5) is 28.2. The average molecular weight is 467 g/mol. The molecule has 0 atom stereocenters. The zero-order chi connectivity index (χ0) is 25.2. The van der Waals surface area contributed by atoms with Gasteiger partial charge in [0.2, 0.25) is 7.28 Å². The summed E-state index contributed by atoms with van der Waals surface area (Å²) in [6.07, 6.45) is 6.94. The normalized spacial score (nSPS) is 11.7. The lowest BCUT2D eigenvalue weighted by Crippen LogP contribution is -2.24. The van der Waals surface area contributed by atoms with Crippen molar-refractivity contribution in [3.8, 4) is 5.69 Å². The number of nitrogens with zero attached hydrogens (tertiary/aromatic N) is 5. The van der Waals surface area contributed by atoms with E-state index in [2.05, 4.69) is 51.7 Å². The number of amides is 1. The molecule has 1 N–H and O–H groups in total. The molecule has 1 amide bonds. The minimum atomic E-state index is -0.183. The molecule has 35 heavy (non-hydrogen) atoms. The van der Waals surface area contributed by atoms with Gasteiger partial charge >= 0.3 is 0 Å². The number of imidazole rings is 1. The van der Waals surface area contributed by atoms with Crippen LogP contribution in [-0.4, -0.2) is 59.7 Å². The van der Waals surface area contributed by atoms with E-state index in [1.165, 1.54) is 0 Å². The molecule has 3 rings (SSSR count). The van der Waals surface area contributed by atoms with E-state index >= 15 is 0 Å². The van der Waals surface area contributed by atoms with Crippen molar-refractivity contribution in [3.05, 3.63) is 84.5 Å². The molecular formula is C27H32BN6O. The Hall–Kier alpha value is -3.78. The van der Waals surface area contributed by atoms with Gasteiger partial charge in [-0.05, 0) is 49.8 Å². The van der Waals surface area contributed by atoms with Crippen molar-refractivity contribution in [2.24, 2.45) is 9.98 Å². The maximum Gasteiger partial charge on any atom is 0.255 e. The predicted octanol–water partition coefficient (Wildman–Crippen LogP) is 3.85. The van der Waals surface area contributed by atoms with E-state index in [0.29, 0.717) is 11.3 Å². The monoisotopic (exact) mass is 467 g/mol. The second-order valence-electron chi connectivity index (χ2n) is 8.09. The van der Waals surface area contributed by atoms with Crippen LogP contribution in [0.4, 0.5) is 5.69 Å². The summed E-state index contributed by atoms with van der Waals surface area (Å²) >= 11 is 0. The fraction of sp³-hybridized carbons (Fsp3) is 0.259. The SMILES string of the molecule is C=CC=NC([B]c1cccc(C(=O)Nc2cc(CN(CC)CC)cc(-n3cnc(C)c3)c2)c1)=NC. The molecule has 0 aliphatic heterocycles. The van der Waals surface area contributed by atoms with Crippen LogP contribution in [-0.2, 0) is 6.54 Å². The van der Waals surface area contributed by atoms with Gasteiger partial charge in [0.1, 0.15) is 0 Å². The van der Waals surface area contributed by atoms with Gasteiger partial charge in [0.15, 0.2) is 0 Å². The molecule has 1 aromatic heterocycles. The number of hydrogen-bond donors (Lipinski definition) is 1. The molecule has 1 heterocycles. The number of anilines is 1. The van der Waals surface area contributed by atoms with Gasteiger partial charge in [0.05, 0.1) is 17.8 Å². The first-order valence-corrected chi connectivity index (χ1v) is 11.7. The van der Waals surface area contributed by atoms with Crippen LogP contribution < -0.4 is 10.8 Å². The van der Waals surface area contributed by atoms with Crippen LogP contribution in [0, 0.1) is 6.92 Å². The molecule has 2 aromatic carbocycles. The Labute approximate surface area is 208 Å². The highest BCUT2D eigenvalue weighted by Crippen LogP contribution is 2.21. The van der Waals surface area contributed by atoms with Gasteiger partial charge in [-0.25, -0.2) is 4.98 Å². The number of aromatic nitrogens is 2. The Morgan fingerprint density at radius 1 is 1.23 bits per heavy atom. The summed E-state index contributed by atoms with van der Waals surface area (Å²) in [5, 5.41) is 3.08. The number of benzene rings is 2. The first-order chi connectivity index (χ1) is 16.9. The van der Waals surface area contributed by atoms with Crippen LogP contribution >= 0.6 is 0 Å². The molecule has 8 heteroatoms. The third kappa shape index (κ3) is 7.35. The molecule has 3 aromatic rings. The molecule has 0 saturated carbocycles. The fourth-order valence-corrected chi connectivity index (χ4v) is 3.67. The zero-order valence-corrected chi connectivity index (χ0v) is 20.9. The summed E-state index contributed by atoms with van der Waals surface area (Å²) < 4.78 is 1.97. The van der Waals surface area contributed by atoms with E-state index in [1.54, 1.807) is 31.7 Å². The molecule has 0 saturated heterocycles. The van der Waals surface area contributed by atoms with Crippen molar-refractivity contribution >= 4 is 36.3 Å². The number of carbonyl (C=O) groups excluding carboxylic acids is 1. The van der Waals surface area contributed by atoms with Gasteiger partial charge < -0.3 is 9.88 Å². The highest BCUT2D eigenvalue weighted by molar-refractivity contribution is 6.85. The van der Waals surface area contributed by atoms with Gasteiger partial charge in [-0.2, -0.15) is 0 Å². The molecule has 179 valence electrons. The average Bonchev–Trinajstić information content (AvgIpc) is 3.31. The summed E-state index contributed by atoms with van der Waals surface area (Å²) in [7, 11) is 3.49. The molecule has 7 nitrogen and oxygen atoms in total. The predicted molar refractivity (Wildman–Crippen MR) is 147 cm³/mol. The number of amidine groups is 1. The molecule has 0 bridgehead atoms. The minimum absolute atomic E-state index is 0.183. The maximum absolute atomic E-state index is 13.2.